The summed E-state index contributed by atoms with van der Waals surface area (Å²) in [6.07, 6.45) is 5.24. The van der Waals surface area contributed by atoms with Crippen molar-refractivity contribution in [3.63, 3.8) is 0 Å². The van der Waals surface area contributed by atoms with Crippen molar-refractivity contribution >= 4 is 17.5 Å². The summed E-state index contributed by atoms with van der Waals surface area (Å²) in [5.41, 5.74) is 0.492. The smallest absolute Gasteiger partial charge is 0.256 e. The van der Waals surface area contributed by atoms with Crippen LogP contribution in [0.2, 0.25) is 0 Å². The first-order valence-electron chi connectivity index (χ1n) is 5.36. The van der Waals surface area contributed by atoms with Gasteiger partial charge in [-0.3, -0.25) is 9.48 Å². The summed E-state index contributed by atoms with van der Waals surface area (Å²) < 4.78 is 3.47. The quantitative estimate of drug-likeness (QED) is 0.914. The van der Waals surface area contributed by atoms with E-state index in [1.807, 2.05) is 29.1 Å². The Balaban J connectivity index is 2.29. The Morgan fingerprint density at radius 1 is 1.50 bits per heavy atom. The van der Waals surface area contributed by atoms with E-state index in [2.05, 4.69) is 17.0 Å². The summed E-state index contributed by atoms with van der Waals surface area (Å²) in [6, 6.07) is 3.77. The van der Waals surface area contributed by atoms with Crippen LogP contribution in [0, 0.1) is 0 Å². The number of nitrogens with one attached hydrogen (secondary N) is 1. The number of hydrogen-bond donors (Lipinski definition) is 1. The van der Waals surface area contributed by atoms with Crippen molar-refractivity contribution < 1.29 is 4.79 Å². The van der Waals surface area contributed by atoms with Crippen LogP contribution in [0.4, 0.5) is 0 Å². The summed E-state index contributed by atoms with van der Waals surface area (Å²) >= 11 is 5.62. The molecular formula is C12H13ClN4O. The Morgan fingerprint density at radius 3 is 2.78 bits per heavy atom. The normalized spacial score (nSPS) is 10.3. The minimum Gasteiger partial charge on any atom is -0.347 e. The second kappa shape index (κ2) is 5.10. The van der Waals surface area contributed by atoms with Crippen LogP contribution in [0.3, 0.4) is 0 Å². The zero-order valence-electron chi connectivity index (χ0n) is 9.93. The molecule has 2 aromatic rings. The van der Waals surface area contributed by atoms with Crippen LogP contribution in [-0.2, 0) is 7.05 Å². The van der Waals surface area contributed by atoms with Gasteiger partial charge >= 0.3 is 0 Å². The van der Waals surface area contributed by atoms with Crippen molar-refractivity contribution in [3.8, 4) is 5.82 Å². The van der Waals surface area contributed by atoms with Gasteiger partial charge in [0.15, 0.2) is 0 Å². The lowest BCUT2D eigenvalue weighted by Crippen LogP contribution is -2.25. The first kappa shape index (κ1) is 12.4. The average Bonchev–Trinajstić information content (AvgIpc) is 2.94. The highest BCUT2D eigenvalue weighted by atomic mass is 35.5. The number of aromatic nitrogens is 3. The van der Waals surface area contributed by atoms with Gasteiger partial charge in [0.1, 0.15) is 11.4 Å². The summed E-state index contributed by atoms with van der Waals surface area (Å²) in [5, 5.41) is 7.16. The van der Waals surface area contributed by atoms with E-state index in [0.717, 1.165) is 0 Å². The van der Waals surface area contributed by atoms with Crippen molar-refractivity contribution in [1.82, 2.24) is 19.7 Å². The van der Waals surface area contributed by atoms with Crippen molar-refractivity contribution in [2.45, 2.75) is 0 Å². The van der Waals surface area contributed by atoms with Crippen LogP contribution < -0.4 is 5.32 Å². The zero-order chi connectivity index (χ0) is 13.1. The van der Waals surface area contributed by atoms with Gasteiger partial charge in [-0.25, -0.2) is 0 Å². The zero-order valence-corrected chi connectivity index (χ0v) is 10.7. The molecule has 0 aromatic carbocycles. The largest absolute Gasteiger partial charge is 0.347 e. The number of halogens is 1. The van der Waals surface area contributed by atoms with E-state index >= 15 is 0 Å². The molecule has 0 unspecified atom stereocenters. The number of nitrogens with zero attached hydrogens (tertiary/aromatic N) is 3. The van der Waals surface area contributed by atoms with Crippen molar-refractivity contribution in [2.75, 3.05) is 6.54 Å². The maximum Gasteiger partial charge on any atom is 0.256 e. The van der Waals surface area contributed by atoms with E-state index in [9.17, 15) is 4.79 Å². The van der Waals surface area contributed by atoms with Gasteiger partial charge in [-0.15, -0.1) is 0 Å². The minimum absolute atomic E-state index is 0.228. The van der Waals surface area contributed by atoms with Gasteiger partial charge in [-0.05, 0) is 12.1 Å². The third-order valence-corrected chi connectivity index (χ3v) is 2.58. The topological polar surface area (TPSA) is 51.9 Å². The van der Waals surface area contributed by atoms with E-state index in [1.165, 1.54) is 6.20 Å². The van der Waals surface area contributed by atoms with Crippen LogP contribution in [0.25, 0.3) is 5.82 Å². The molecule has 94 valence electrons. The summed E-state index contributed by atoms with van der Waals surface area (Å²) in [4.78, 5) is 12.0. The first-order valence-corrected chi connectivity index (χ1v) is 5.74. The van der Waals surface area contributed by atoms with E-state index in [0.29, 0.717) is 16.4 Å². The van der Waals surface area contributed by atoms with E-state index in [-0.39, 0.29) is 12.5 Å². The molecule has 1 amide bonds. The van der Waals surface area contributed by atoms with Gasteiger partial charge in [0, 0.05) is 24.5 Å². The minimum atomic E-state index is -0.228. The molecule has 0 saturated carbocycles. The summed E-state index contributed by atoms with van der Waals surface area (Å²) in [7, 11) is 1.78. The predicted octanol–water partition coefficient (Wildman–Crippen LogP) is 1.69. The average molecular weight is 265 g/mol. The number of hydrogen-bond acceptors (Lipinski definition) is 2. The monoisotopic (exact) mass is 264 g/mol. The fourth-order valence-electron chi connectivity index (χ4n) is 1.64. The predicted molar refractivity (Wildman–Crippen MR) is 69.9 cm³/mol. The lowest BCUT2D eigenvalue weighted by molar-refractivity contribution is 0.0957. The van der Waals surface area contributed by atoms with E-state index in [4.69, 9.17) is 11.6 Å². The molecule has 0 aliphatic carbocycles. The second-order valence-electron chi connectivity index (χ2n) is 3.80. The first-order chi connectivity index (χ1) is 8.59. The summed E-state index contributed by atoms with van der Waals surface area (Å²) in [6.45, 7) is 3.76. The highest BCUT2D eigenvalue weighted by molar-refractivity contribution is 6.29. The summed E-state index contributed by atoms with van der Waals surface area (Å²) in [5.74, 6) is 0.478. The Kier molecular flexibility index (Phi) is 3.53. The Labute approximate surface area is 110 Å². The molecule has 5 nitrogen and oxygen atoms in total. The van der Waals surface area contributed by atoms with Crippen LogP contribution in [0.5, 0.6) is 0 Å². The van der Waals surface area contributed by atoms with Crippen molar-refractivity contribution in [1.29, 1.82) is 0 Å². The fraction of sp³-hybridized carbons (Fsp3) is 0.167. The van der Waals surface area contributed by atoms with Gasteiger partial charge < -0.3 is 9.88 Å². The van der Waals surface area contributed by atoms with Crippen LogP contribution >= 0.6 is 11.6 Å². The molecule has 0 bridgehead atoms. The molecule has 0 aliphatic rings. The molecule has 2 heterocycles. The molecule has 2 aromatic heterocycles. The molecule has 0 aliphatic heterocycles. The standard InChI is InChI=1S/C12H13ClN4O/c1-9(13)7-14-11(18)10-8-15-16(2)12(10)17-5-3-4-6-17/h3-6,8H,1,7H2,2H3,(H,14,18). The molecule has 0 radical (unpaired) electrons. The number of carbonyl (C=O) groups excluding carboxylic acids is 1. The van der Waals surface area contributed by atoms with E-state index < -0.39 is 0 Å². The SMILES string of the molecule is C=C(Cl)CNC(=O)c1cnn(C)c1-n1cccc1. The van der Waals surface area contributed by atoms with Crippen LogP contribution in [0.15, 0.2) is 42.3 Å². The van der Waals surface area contributed by atoms with Crippen molar-refractivity contribution in [3.05, 3.63) is 47.9 Å². The maximum absolute atomic E-state index is 12.0. The highest BCUT2D eigenvalue weighted by Crippen LogP contribution is 2.13. The molecule has 1 N–H and O–H groups in total. The molecule has 0 atom stereocenters. The van der Waals surface area contributed by atoms with Gasteiger partial charge in [-0.1, -0.05) is 18.2 Å². The molecule has 2 rings (SSSR count). The third-order valence-electron chi connectivity index (χ3n) is 2.44. The highest BCUT2D eigenvalue weighted by Gasteiger charge is 2.16. The van der Waals surface area contributed by atoms with Gasteiger partial charge in [-0.2, -0.15) is 5.10 Å². The van der Waals surface area contributed by atoms with Crippen LogP contribution in [0.1, 0.15) is 10.4 Å². The van der Waals surface area contributed by atoms with Gasteiger partial charge in [0.25, 0.3) is 5.91 Å². The number of aryl methyl sites for hydroxylation is 1. The van der Waals surface area contributed by atoms with E-state index in [1.54, 1.807) is 11.7 Å². The lowest BCUT2D eigenvalue weighted by Gasteiger charge is -2.07. The molecule has 18 heavy (non-hydrogen) atoms. The lowest BCUT2D eigenvalue weighted by atomic mass is 10.3. The Bertz CT molecular complexity index is 571. The number of amides is 1. The third kappa shape index (κ3) is 2.46. The number of carbonyl (C=O) groups is 1. The van der Waals surface area contributed by atoms with Crippen LogP contribution in [-0.4, -0.2) is 26.8 Å². The number of rotatable bonds is 4. The fourth-order valence-corrected chi connectivity index (χ4v) is 1.71. The second-order valence-corrected chi connectivity index (χ2v) is 4.33. The van der Waals surface area contributed by atoms with Crippen molar-refractivity contribution in [2.24, 2.45) is 7.05 Å². The van der Waals surface area contributed by atoms with Gasteiger partial charge in [0.05, 0.1) is 12.7 Å². The molecular weight excluding hydrogens is 252 g/mol. The Morgan fingerprint density at radius 2 is 2.17 bits per heavy atom. The molecule has 0 fully saturated rings. The maximum atomic E-state index is 12.0. The molecule has 0 spiro atoms. The molecule has 6 heteroatoms. The molecule has 0 saturated heterocycles. The van der Waals surface area contributed by atoms with Gasteiger partial charge in [0.2, 0.25) is 0 Å². The Hall–Kier alpha value is -2.01.